The molecule has 0 bridgehead atoms. The molecule has 176 valence electrons. The van der Waals surface area contributed by atoms with Crippen molar-refractivity contribution in [3.63, 3.8) is 0 Å². The number of nitrogens with zero attached hydrogens (tertiary/aromatic N) is 6. The maximum Gasteiger partial charge on any atom is 0.257 e. The molecule has 9 heteroatoms. The molecule has 3 aromatic rings. The number of aromatic nitrogens is 4. The van der Waals surface area contributed by atoms with Gasteiger partial charge in [0.2, 0.25) is 0 Å². The summed E-state index contributed by atoms with van der Waals surface area (Å²) in [6, 6.07) is 7.32. The molecule has 0 unspecified atom stereocenters. The van der Waals surface area contributed by atoms with Gasteiger partial charge in [0.15, 0.2) is 0 Å². The van der Waals surface area contributed by atoms with Crippen molar-refractivity contribution in [1.82, 2.24) is 29.5 Å². The van der Waals surface area contributed by atoms with Gasteiger partial charge in [-0.25, -0.2) is 14.6 Å². The van der Waals surface area contributed by atoms with Gasteiger partial charge >= 0.3 is 0 Å². The van der Waals surface area contributed by atoms with Crippen molar-refractivity contribution < 1.29 is 14.3 Å². The second-order valence-electron chi connectivity index (χ2n) is 7.62. The van der Waals surface area contributed by atoms with Crippen LogP contribution < -0.4 is 9.47 Å². The first kappa shape index (κ1) is 24.2. The summed E-state index contributed by atoms with van der Waals surface area (Å²) in [6.07, 6.45) is 3.24. The average Bonchev–Trinajstić information content (AvgIpc) is 3.24. The van der Waals surface area contributed by atoms with Crippen LogP contribution in [0.5, 0.6) is 11.5 Å². The summed E-state index contributed by atoms with van der Waals surface area (Å²) in [7, 11) is 5.04. The van der Waals surface area contributed by atoms with Gasteiger partial charge in [0, 0.05) is 31.9 Å². The predicted octanol–water partition coefficient (Wildman–Crippen LogP) is 3.07. The summed E-state index contributed by atoms with van der Waals surface area (Å²) in [4.78, 5) is 26.1. The first-order valence-electron chi connectivity index (χ1n) is 11.0. The molecule has 0 radical (unpaired) electrons. The first-order chi connectivity index (χ1) is 15.9. The van der Waals surface area contributed by atoms with Crippen LogP contribution in [0.4, 0.5) is 0 Å². The summed E-state index contributed by atoms with van der Waals surface area (Å²) < 4.78 is 12.4. The Morgan fingerprint density at radius 3 is 2.52 bits per heavy atom. The molecule has 0 aliphatic heterocycles. The molecule has 0 saturated heterocycles. The van der Waals surface area contributed by atoms with Crippen LogP contribution in [-0.2, 0) is 0 Å². The maximum atomic E-state index is 13.0. The smallest absolute Gasteiger partial charge is 0.257 e. The van der Waals surface area contributed by atoms with Crippen LogP contribution in [0.1, 0.15) is 29.9 Å². The van der Waals surface area contributed by atoms with Gasteiger partial charge in [-0.3, -0.25) is 4.79 Å². The summed E-state index contributed by atoms with van der Waals surface area (Å²) >= 11 is 0. The SMILES string of the molecule is CCN(CC)CCN(C)C(=O)c1cnn(-c2nccc(-c3cc(OC)ccc3OC)n2)c1C. The quantitative estimate of drug-likeness (QED) is 0.467. The Hall–Kier alpha value is -3.46. The highest BCUT2D eigenvalue weighted by atomic mass is 16.5. The Labute approximate surface area is 195 Å². The van der Waals surface area contributed by atoms with E-state index in [2.05, 4.69) is 33.8 Å². The van der Waals surface area contributed by atoms with Crippen LogP contribution >= 0.6 is 0 Å². The molecular formula is C24H32N6O3. The van der Waals surface area contributed by atoms with Crippen molar-refractivity contribution in [2.24, 2.45) is 0 Å². The standard InChI is InChI=1S/C24H32N6O3/c1-7-29(8-2)14-13-28(4)23(31)20-16-26-30(17(20)3)24-25-12-11-21(27-24)19-15-18(32-5)9-10-22(19)33-6/h9-12,15-16H,7-8,13-14H2,1-6H3. The van der Waals surface area contributed by atoms with Crippen molar-refractivity contribution in [2.45, 2.75) is 20.8 Å². The Morgan fingerprint density at radius 1 is 1.09 bits per heavy atom. The minimum absolute atomic E-state index is 0.0727. The number of carbonyl (C=O) groups is 1. The lowest BCUT2D eigenvalue weighted by molar-refractivity contribution is 0.0779. The zero-order chi connectivity index (χ0) is 24.0. The van der Waals surface area contributed by atoms with Gasteiger partial charge in [-0.2, -0.15) is 5.10 Å². The van der Waals surface area contributed by atoms with E-state index >= 15 is 0 Å². The lowest BCUT2D eigenvalue weighted by Gasteiger charge is -2.23. The fourth-order valence-corrected chi connectivity index (χ4v) is 3.57. The number of amides is 1. The van der Waals surface area contributed by atoms with E-state index in [0.717, 1.165) is 25.2 Å². The molecule has 2 heterocycles. The summed E-state index contributed by atoms with van der Waals surface area (Å²) in [5.41, 5.74) is 2.65. The van der Waals surface area contributed by atoms with Crippen LogP contribution in [0, 0.1) is 6.92 Å². The van der Waals surface area contributed by atoms with E-state index in [0.29, 0.717) is 40.9 Å². The molecule has 9 nitrogen and oxygen atoms in total. The van der Waals surface area contributed by atoms with E-state index < -0.39 is 0 Å². The zero-order valence-corrected chi connectivity index (χ0v) is 20.2. The second-order valence-corrected chi connectivity index (χ2v) is 7.62. The van der Waals surface area contributed by atoms with Crippen LogP contribution in [0.2, 0.25) is 0 Å². The zero-order valence-electron chi connectivity index (χ0n) is 20.2. The third-order valence-electron chi connectivity index (χ3n) is 5.75. The number of carbonyl (C=O) groups excluding carboxylic acids is 1. The number of benzene rings is 1. The number of rotatable bonds is 10. The van der Waals surface area contributed by atoms with E-state index in [-0.39, 0.29) is 5.91 Å². The Kier molecular flexibility index (Phi) is 8.00. The van der Waals surface area contributed by atoms with Gasteiger partial charge in [-0.05, 0) is 44.3 Å². The van der Waals surface area contributed by atoms with Gasteiger partial charge in [-0.1, -0.05) is 13.8 Å². The van der Waals surface area contributed by atoms with Crippen molar-refractivity contribution in [1.29, 1.82) is 0 Å². The van der Waals surface area contributed by atoms with E-state index in [1.54, 1.807) is 42.3 Å². The van der Waals surface area contributed by atoms with Crippen molar-refractivity contribution in [3.05, 3.63) is 47.9 Å². The molecular weight excluding hydrogens is 420 g/mol. The Bertz CT molecular complexity index is 1090. The molecule has 0 spiro atoms. The molecule has 0 saturated carbocycles. The van der Waals surface area contributed by atoms with E-state index in [1.165, 1.54) is 0 Å². The molecule has 3 rings (SSSR count). The highest BCUT2D eigenvalue weighted by Crippen LogP contribution is 2.32. The van der Waals surface area contributed by atoms with Crippen LogP contribution in [0.3, 0.4) is 0 Å². The van der Waals surface area contributed by atoms with Gasteiger partial charge in [0.05, 0.1) is 37.4 Å². The third-order valence-corrected chi connectivity index (χ3v) is 5.75. The van der Waals surface area contributed by atoms with Gasteiger partial charge in [-0.15, -0.1) is 0 Å². The van der Waals surface area contributed by atoms with Crippen molar-refractivity contribution in [2.75, 3.05) is 47.4 Å². The van der Waals surface area contributed by atoms with Crippen molar-refractivity contribution >= 4 is 5.91 Å². The molecule has 0 fully saturated rings. The van der Waals surface area contributed by atoms with Crippen molar-refractivity contribution in [3.8, 4) is 28.7 Å². The highest BCUT2D eigenvalue weighted by Gasteiger charge is 2.20. The minimum Gasteiger partial charge on any atom is -0.497 e. The number of hydrogen-bond donors (Lipinski definition) is 0. The summed E-state index contributed by atoms with van der Waals surface area (Å²) in [5, 5.41) is 4.41. The third kappa shape index (κ3) is 5.31. The van der Waals surface area contributed by atoms with Crippen LogP contribution in [0.15, 0.2) is 36.7 Å². The normalized spacial score (nSPS) is 11.0. The molecule has 1 aromatic carbocycles. The van der Waals surface area contributed by atoms with Gasteiger partial charge < -0.3 is 19.3 Å². The average molecular weight is 453 g/mol. The van der Waals surface area contributed by atoms with Crippen LogP contribution in [0.25, 0.3) is 17.2 Å². The molecule has 0 N–H and O–H groups in total. The van der Waals surface area contributed by atoms with E-state index in [4.69, 9.17) is 9.47 Å². The topological polar surface area (TPSA) is 85.6 Å². The fraction of sp³-hybridized carbons (Fsp3) is 0.417. The maximum absolute atomic E-state index is 13.0. The number of ether oxygens (including phenoxy) is 2. The van der Waals surface area contributed by atoms with Crippen LogP contribution in [-0.4, -0.2) is 82.9 Å². The molecule has 0 aliphatic rings. The first-order valence-corrected chi connectivity index (χ1v) is 11.0. The predicted molar refractivity (Wildman–Crippen MR) is 127 cm³/mol. The number of hydrogen-bond acceptors (Lipinski definition) is 7. The number of methoxy groups -OCH3 is 2. The monoisotopic (exact) mass is 452 g/mol. The Morgan fingerprint density at radius 2 is 1.85 bits per heavy atom. The van der Waals surface area contributed by atoms with E-state index in [1.807, 2.05) is 32.2 Å². The molecule has 0 aliphatic carbocycles. The minimum atomic E-state index is -0.0727. The number of likely N-dealkylation sites (N-methyl/N-ethyl adjacent to an activating group) is 2. The second kappa shape index (κ2) is 10.9. The molecule has 0 atom stereocenters. The summed E-state index contributed by atoms with van der Waals surface area (Å²) in [6.45, 7) is 9.48. The lowest BCUT2D eigenvalue weighted by atomic mass is 10.1. The molecule has 33 heavy (non-hydrogen) atoms. The Balaban J connectivity index is 1.87. The van der Waals surface area contributed by atoms with Gasteiger partial charge in [0.1, 0.15) is 11.5 Å². The lowest BCUT2D eigenvalue weighted by Crippen LogP contribution is -2.36. The summed E-state index contributed by atoms with van der Waals surface area (Å²) in [5.74, 6) is 1.67. The molecule has 1 amide bonds. The van der Waals surface area contributed by atoms with E-state index in [9.17, 15) is 4.79 Å². The fourth-order valence-electron chi connectivity index (χ4n) is 3.57. The van der Waals surface area contributed by atoms with Gasteiger partial charge in [0.25, 0.3) is 11.9 Å². The highest BCUT2D eigenvalue weighted by molar-refractivity contribution is 5.95. The largest absolute Gasteiger partial charge is 0.497 e. The molecule has 2 aromatic heterocycles.